The van der Waals surface area contributed by atoms with Crippen molar-refractivity contribution in [1.29, 1.82) is 0 Å². The Morgan fingerprint density at radius 3 is 2.48 bits per heavy atom. The molecule has 0 radical (unpaired) electrons. The van der Waals surface area contributed by atoms with Gasteiger partial charge in [-0.25, -0.2) is 8.42 Å². The molecule has 1 N–H and O–H groups in total. The number of ether oxygens (including phenoxy) is 1. The highest BCUT2D eigenvalue weighted by Crippen LogP contribution is 2.31. The second-order valence-electron chi connectivity index (χ2n) is 8.23. The molecule has 0 saturated carbocycles. The Labute approximate surface area is 184 Å². The molecule has 0 aromatic heterocycles. The van der Waals surface area contributed by atoms with Crippen LogP contribution < -0.4 is 10.1 Å². The van der Waals surface area contributed by atoms with Crippen molar-refractivity contribution in [2.24, 2.45) is 5.92 Å². The monoisotopic (exact) mass is 442 g/mol. The van der Waals surface area contributed by atoms with Crippen LogP contribution in [0.5, 0.6) is 5.75 Å². The first-order chi connectivity index (χ1) is 15.0. The molecule has 1 aliphatic heterocycles. The third-order valence-electron chi connectivity index (χ3n) is 6.28. The summed E-state index contributed by atoms with van der Waals surface area (Å²) in [6, 6.07) is 14.9. The molecule has 166 valence electrons. The predicted octanol–water partition coefficient (Wildman–Crippen LogP) is 3.68. The molecule has 0 unspecified atom stereocenters. The van der Waals surface area contributed by atoms with Crippen LogP contribution in [0.1, 0.15) is 49.8 Å². The number of amides is 1. The summed E-state index contributed by atoms with van der Waals surface area (Å²) in [5.74, 6) is 0.543. The van der Waals surface area contributed by atoms with E-state index in [2.05, 4.69) is 17.4 Å². The minimum atomic E-state index is -3.56. The van der Waals surface area contributed by atoms with Crippen LogP contribution in [0.25, 0.3) is 0 Å². The van der Waals surface area contributed by atoms with Gasteiger partial charge in [-0.2, -0.15) is 4.31 Å². The first-order valence-electron chi connectivity index (χ1n) is 11.1. The average Bonchev–Trinajstić information content (AvgIpc) is 2.80. The zero-order valence-corrected chi connectivity index (χ0v) is 18.7. The molecule has 2 aromatic carbocycles. The van der Waals surface area contributed by atoms with E-state index in [1.807, 2.05) is 19.1 Å². The first-order valence-corrected chi connectivity index (χ1v) is 12.5. The van der Waals surface area contributed by atoms with Crippen molar-refractivity contribution < 1.29 is 17.9 Å². The van der Waals surface area contributed by atoms with E-state index >= 15 is 0 Å². The fourth-order valence-corrected chi connectivity index (χ4v) is 6.05. The molecule has 0 bridgehead atoms. The quantitative estimate of drug-likeness (QED) is 0.741. The van der Waals surface area contributed by atoms with Crippen LogP contribution in [0, 0.1) is 5.92 Å². The van der Waals surface area contributed by atoms with Gasteiger partial charge in [-0.3, -0.25) is 4.79 Å². The molecular formula is C24H30N2O4S. The predicted molar refractivity (Wildman–Crippen MR) is 119 cm³/mol. The van der Waals surface area contributed by atoms with Crippen molar-refractivity contribution in [2.45, 2.75) is 50.0 Å². The molecule has 0 spiro atoms. The lowest BCUT2D eigenvalue weighted by atomic mass is 9.87. The van der Waals surface area contributed by atoms with Gasteiger partial charge < -0.3 is 10.1 Å². The van der Waals surface area contributed by atoms with E-state index in [0.717, 1.165) is 19.3 Å². The number of carbonyl (C=O) groups is 1. The number of hydrogen-bond acceptors (Lipinski definition) is 4. The van der Waals surface area contributed by atoms with Crippen molar-refractivity contribution in [3.8, 4) is 5.75 Å². The van der Waals surface area contributed by atoms with E-state index < -0.39 is 10.0 Å². The lowest BCUT2D eigenvalue weighted by Gasteiger charge is -2.32. The van der Waals surface area contributed by atoms with Crippen molar-refractivity contribution in [3.63, 3.8) is 0 Å². The Morgan fingerprint density at radius 2 is 1.77 bits per heavy atom. The van der Waals surface area contributed by atoms with Gasteiger partial charge in [0.1, 0.15) is 5.75 Å². The summed E-state index contributed by atoms with van der Waals surface area (Å²) in [5, 5.41) is 3.23. The van der Waals surface area contributed by atoms with Gasteiger partial charge in [0.2, 0.25) is 15.9 Å². The molecule has 1 amide bonds. The Hall–Kier alpha value is -2.38. The summed E-state index contributed by atoms with van der Waals surface area (Å²) in [6.07, 6.45) is 4.16. The van der Waals surface area contributed by atoms with Crippen molar-refractivity contribution in [3.05, 3.63) is 59.7 Å². The smallest absolute Gasteiger partial charge is 0.243 e. The van der Waals surface area contributed by atoms with Crippen LogP contribution in [-0.4, -0.2) is 38.3 Å². The van der Waals surface area contributed by atoms with Crippen LogP contribution in [0.15, 0.2) is 53.4 Å². The molecule has 6 nitrogen and oxygen atoms in total. The molecule has 4 rings (SSSR count). The normalized spacial score (nSPS) is 20.1. The van der Waals surface area contributed by atoms with Crippen molar-refractivity contribution in [2.75, 3.05) is 19.7 Å². The number of benzene rings is 2. The first kappa shape index (κ1) is 21.8. The zero-order chi connectivity index (χ0) is 21.8. The number of nitrogens with zero attached hydrogens (tertiary/aromatic N) is 1. The van der Waals surface area contributed by atoms with E-state index in [1.54, 1.807) is 24.3 Å². The van der Waals surface area contributed by atoms with Gasteiger partial charge in [0.15, 0.2) is 0 Å². The molecule has 31 heavy (non-hydrogen) atoms. The van der Waals surface area contributed by atoms with Gasteiger partial charge in [-0.1, -0.05) is 24.3 Å². The number of carbonyl (C=O) groups excluding carboxylic acids is 1. The average molecular weight is 443 g/mol. The van der Waals surface area contributed by atoms with E-state index in [9.17, 15) is 13.2 Å². The molecule has 1 heterocycles. The largest absolute Gasteiger partial charge is 0.494 e. The Kier molecular flexibility index (Phi) is 6.62. The third kappa shape index (κ3) is 4.77. The van der Waals surface area contributed by atoms with E-state index in [-0.39, 0.29) is 22.8 Å². The molecule has 1 saturated heterocycles. The minimum absolute atomic E-state index is 0.0415. The summed E-state index contributed by atoms with van der Waals surface area (Å²) in [4.78, 5) is 13.2. The molecule has 7 heteroatoms. The summed E-state index contributed by atoms with van der Waals surface area (Å²) in [5.41, 5.74) is 2.54. The summed E-state index contributed by atoms with van der Waals surface area (Å²) < 4.78 is 32.8. The topological polar surface area (TPSA) is 75.7 Å². The maximum absolute atomic E-state index is 13.0. The summed E-state index contributed by atoms with van der Waals surface area (Å²) in [6.45, 7) is 3.13. The highest BCUT2D eigenvalue weighted by molar-refractivity contribution is 7.89. The number of sulfonamides is 1. The Bertz CT molecular complexity index is 1010. The number of piperidine rings is 1. The highest BCUT2D eigenvalue weighted by atomic mass is 32.2. The van der Waals surface area contributed by atoms with Gasteiger partial charge in [0, 0.05) is 19.0 Å². The maximum atomic E-state index is 13.0. The van der Waals surface area contributed by atoms with Gasteiger partial charge in [0.05, 0.1) is 17.5 Å². The second kappa shape index (κ2) is 9.40. The lowest BCUT2D eigenvalue weighted by molar-refractivity contribution is -0.127. The fourth-order valence-electron chi connectivity index (χ4n) is 4.58. The van der Waals surface area contributed by atoms with E-state index in [0.29, 0.717) is 38.3 Å². The summed E-state index contributed by atoms with van der Waals surface area (Å²) >= 11 is 0. The third-order valence-corrected chi connectivity index (χ3v) is 8.20. The Balaban J connectivity index is 1.35. The minimum Gasteiger partial charge on any atom is -0.494 e. The fraction of sp³-hybridized carbons (Fsp3) is 0.458. The standard InChI is InChI=1S/C24H30N2O4S/c1-2-30-20-10-12-21(13-11-20)31(28,29)26-16-14-19(15-17-26)24(27)25-23-9-5-7-18-6-3-4-8-22(18)23/h3-4,6,8,10-13,19,23H,2,5,7,9,14-17H2,1H3,(H,25,27)/t23-/m1/s1. The lowest BCUT2D eigenvalue weighted by Crippen LogP contribution is -2.44. The number of aryl methyl sites for hydroxylation is 1. The molecule has 1 fully saturated rings. The molecular weight excluding hydrogens is 412 g/mol. The number of nitrogens with one attached hydrogen (secondary N) is 1. The van der Waals surface area contributed by atoms with Gasteiger partial charge in [-0.15, -0.1) is 0 Å². The number of fused-ring (bicyclic) bond motifs is 1. The van der Waals surface area contributed by atoms with E-state index in [4.69, 9.17) is 4.74 Å². The molecule has 1 atom stereocenters. The van der Waals surface area contributed by atoms with Crippen LogP contribution in [0.3, 0.4) is 0 Å². The number of rotatable bonds is 6. The molecule has 1 aliphatic carbocycles. The van der Waals surface area contributed by atoms with Crippen LogP contribution in [0.4, 0.5) is 0 Å². The molecule has 2 aliphatic rings. The van der Waals surface area contributed by atoms with Crippen molar-refractivity contribution >= 4 is 15.9 Å². The SMILES string of the molecule is CCOc1ccc(S(=O)(=O)N2CCC(C(=O)N[C@@H]3CCCc4ccccc43)CC2)cc1. The maximum Gasteiger partial charge on any atom is 0.243 e. The van der Waals surface area contributed by atoms with Crippen LogP contribution in [0.2, 0.25) is 0 Å². The van der Waals surface area contributed by atoms with E-state index in [1.165, 1.54) is 15.4 Å². The van der Waals surface area contributed by atoms with Crippen LogP contribution in [-0.2, 0) is 21.2 Å². The Morgan fingerprint density at radius 1 is 1.06 bits per heavy atom. The van der Waals surface area contributed by atoms with Gasteiger partial charge in [-0.05, 0) is 74.4 Å². The molecule has 2 aromatic rings. The number of hydrogen-bond donors (Lipinski definition) is 1. The summed E-state index contributed by atoms with van der Waals surface area (Å²) in [7, 11) is -3.56. The van der Waals surface area contributed by atoms with Crippen LogP contribution >= 0.6 is 0 Å². The van der Waals surface area contributed by atoms with Gasteiger partial charge in [0.25, 0.3) is 0 Å². The van der Waals surface area contributed by atoms with Crippen molar-refractivity contribution in [1.82, 2.24) is 9.62 Å². The second-order valence-corrected chi connectivity index (χ2v) is 10.2. The zero-order valence-electron chi connectivity index (χ0n) is 17.9. The van der Waals surface area contributed by atoms with Gasteiger partial charge >= 0.3 is 0 Å². The highest BCUT2D eigenvalue weighted by Gasteiger charge is 2.33.